The van der Waals surface area contributed by atoms with E-state index in [1.807, 2.05) is 31.5 Å². The molecule has 0 aliphatic carbocycles. The number of fused-ring (bicyclic) bond motifs is 1. The Hall–Kier alpha value is -2.55. The molecule has 0 unspecified atom stereocenters. The second-order valence-electron chi connectivity index (χ2n) is 6.05. The SMILES string of the molecule is Cc1cc(N2CCO[C@@H](Cn3nc(C)nc3C)C2)n2ncnc2n1. The average molecular weight is 328 g/mol. The summed E-state index contributed by atoms with van der Waals surface area (Å²) in [5.41, 5.74) is 0.927. The van der Waals surface area contributed by atoms with Crippen LogP contribution >= 0.6 is 0 Å². The molecule has 0 N–H and O–H groups in total. The van der Waals surface area contributed by atoms with Gasteiger partial charge in [0.25, 0.3) is 5.78 Å². The lowest BCUT2D eigenvalue weighted by Crippen LogP contribution is -2.45. The van der Waals surface area contributed by atoms with Crippen molar-refractivity contribution < 1.29 is 4.74 Å². The van der Waals surface area contributed by atoms with Gasteiger partial charge in [-0.2, -0.15) is 19.7 Å². The topological polar surface area (TPSA) is 86.3 Å². The summed E-state index contributed by atoms with van der Waals surface area (Å²) in [5.74, 6) is 3.31. The van der Waals surface area contributed by atoms with Crippen molar-refractivity contribution in [1.82, 2.24) is 34.3 Å². The van der Waals surface area contributed by atoms with Gasteiger partial charge in [-0.3, -0.25) is 0 Å². The molecule has 3 aromatic rings. The molecule has 0 saturated carbocycles. The van der Waals surface area contributed by atoms with Crippen LogP contribution in [0.1, 0.15) is 17.3 Å². The summed E-state index contributed by atoms with van der Waals surface area (Å²) >= 11 is 0. The average Bonchev–Trinajstić information content (AvgIpc) is 3.13. The van der Waals surface area contributed by atoms with Crippen LogP contribution in [0.5, 0.6) is 0 Å². The fourth-order valence-electron chi connectivity index (χ4n) is 3.10. The molecule has 1 atom stereocenters. The lowest BCUT2D eigenvalue weighted by atomic mass is 10.2. The normalized spacial score (nSPS) is 18.5. The highest BCUT2D eigenvalue weighted by Crippen LogP contribution is 2.19. The van der Waals surface area contributed by atoms with Crippen molar-refractivity contribution >= 4 is 11.6 Å². The van der Waals surface area contributed by atoms with Crippen molar-refractivity contribution in [3.8, 4) is 0 Å². The molecule has 9 nitrogen and oxygen atoms in total. The largest absolute Gasteiger partial charge is 0.373 e. The van der Waals surface area contributed by atoms with Crippen LogP contribution in [0.3, 0.4) is 0 Å². The molecule has 3 aromatic heterocycles. The minimum atomic E-state index is 0.0468. The number of aryl methyl sites for hydroxylation is 3. The van der Waals surface area contributed by atoms with Crippen LogP contribution in [0, 0.1) is 20.8 Å². The predicted octanol–water partition coefficient (Wildman–Crippen LogP) is 0.546. The van der Waals surface area contributed by atoms with Gasteiger partial charge < -0.3 is 9.64 Å². The van der Waals surface area contributed by atoms with Crippen LogP contribution in [0.2, 0.25) is 0 Å². The zero-order chi connectivity index (χ0) is 16.7. The standard InChI is InChI=1S/C15H20N8O/c1-10-6-14(23-15(18-10)16-9-17-23)21-4-5-24-13(7-21)8-22-12(3)19-11(2)20-22/h6,9,13H,4-5,7-8H2,1-3H3/t13-/m1/s1. The van der Waals surface area contributed by atoms with Gasteiger partial charge in [0.05, 0.1) is 19.3 Å². The van der Waals surface area contributed by atoms with Gasteiger partial charge >= 0.3 is 0 Å². The number of nitrogens with zero attached hydrogens (tertiary/aromatic N) is 8. The molecular formula is C15H20N8O. The summed E-state index contributed by atoms with van der Waals surface area (Å²) in [6.07, 6.45) is 1.58. The van der Waals surface area contributed by atoms with E-state index in [1.54, 1.807) is 4.52 Å². The molecule has 4 heterocycles. The Morgan fingerprint density at radius 3 is 2.92 bits per heavy atom. The van der Waals surface area contributed by atoms with Crippen molar-refractivity contribution in [3.63, 3.8) is 0 Å². The van der Waals surface area contributed by atoms with Crippen LogP contribution in [-0.4, -0.2) is 60.1 Å². The third-order valence-electron chi connectivity index (χ3n) is 4.16. The molecule has 0 radical (unpaired) electrons. The summed E-state index contributed by atoms with van der Waals surface area (Å²) in [4.78, 5) is 15.2. The molecule has 0 aromatic carbocycles. The molecule has 126 valence electrons. The first-order valence-electron chi connectivity index (χ1n) is 8.02. The Labute approximate surface area is 139 Å². The molecule has 4 rings (SSSR count). The molecule has 1 aliphatic heterocycles. The molecule has 1 aliphatic rings. The number of anilines is 1. The number of hydrogen-bond donors (Lipinski definition) is 0. The Morgan fingerprint density at radius 2 is 2.12 bits per heavy atom. The first kappa shape index (κ1) is 15.0. The van der Waals surface area contributed by atoms with Gasteiger partial charge in [0.1, 0.15) is 23.8 Å². The van der Waals surface area contributed by atoms with E-state index >= 15 is 0 Å². The van der Waals surface area contributed by atoms with Gasteiger partial charge in [-0.1, -0.05) is 0 Å². The minimum Gasteiger partial charge on any atom is -0.373 e. The van der Waals surface area contributed by atoms with Crippen LogP contribution in [0.15, 0.2) is 12.4 Å². The van der Waals surface area contributed by atoms with Crippen LogP contribution in [0.25, 0.3) is 5.78 Å². The Morgan fingerprint density at radius 1 is 1.25 bits per heavy atom. The Balaban J connectivity index is 1.58. The molecule has 0 amide bonds. The van der Waals surface area contributed by atoms with E-state index < -0.39 is 0 Å². The predicted molar refractivity (Wildman–Crippen MR) is 87.0 cm³/mol. The molecule has 1 saturated heterocycles. The van der Waals surface area contributed by atoms with Crippen molar-refractivity contribution in [2.75, 3.05) is 24.6 Å². The van der Waals surface area contributed by atoms with Crippen LogP contribution in [-0.2, 0) is 11.3 Å². The van der Waals surface area contributed by atoms with Crippen molar-refractivity contribution in [3.05, 3.63) is 29.7 Å². The lowest BCUT2D eigenvalue weighted by molar-refractivity contribution is 0.0265. The van der Waals surface area contributed by atoms with E-state index in [9.17, 15) is 0 Å². The highest BCUT2D eigenvalue weighted by atomic mass is 16.5. The number of morpholine rings is 1. The van der Waals surface area contributed by atoms with Crippen molar-refractivity contribution in [2.45, 2.75) is 33.4 Å². The summed E-state index contributed by atoms with van der Waals surface area (Å²) in [5, 5.41) is 8.72. The highest BCUT2D eigenvalue weighted by molar-refractivity contribution is 5.47. The molecular weight excluding hydrogens is 308 g/mol. The maximum Gasteiger partial charge on any atom is 0.254 e. The maximum absolute atomic E-state index is 5.93. The lowest BCUT2D eigenvalue weighted by Gasteiger charge is -2.34. The smallest absolute Gasteiger partial charge is 0.254 e. The van der Waals surface area contributed by atoms with E-state index in [-0.39, 0.29) is 6.10 Å². The van der Waals surface area contributed by atoms with E-state index in [0.717, 1.165) is 36.3 Å². The number of hydrogen-bond acceptors (Lipinski definition) is 7. The van der Waals surface area contributed by atoms with Gasteiger partial charge in [0, 0.05) is 24.8 Å². The quantitative estimate of drug-likeness (QED) is 0.694. The van der Waals surface area contributed by atoms with E-state index in [4.69, 9.17) is 4.74 Å². The van der Waals surface area contributed by atoms with Gasteiger partial charge in [-0.15, -0.1) is 0 Å². The van der Waals surface area contributed by atoms with Crippen molar-refractivity contribution in [1.29, 1.82) is 0 Å². The summed E-state index contributed by atoms with van der Waals surface area (Å²) in [7, 11) is 0. The fourth-order valence-corrected chi connectivity index (χ4v) is 3.10. The third kappa shape index (κ3) is 2.71. The van der Waals surface area contributed by atoms with Crippen LogP contribution in [0.4, 0.5) is 5.82 Å². The summed E-state index contributed by atoms with van der Waals surface area (Å²) in [6.45, 7) is 8.76. The van der Waals surface area contributed by atoms with Crippen LogP contribution < -0.4 is 4.90 Å². The van der Waals surface area contributed by atoms with E-state index in [0.29, 0.717) is 18.9 Å². The molecule has 9 heteroatoms. The fraction of sp³-hybridized carbons (Fsp3) is 0.533. The molecule has 1 fully saturated rings. The summed E-state index contributed by atoms with van der Waals surface area (Å²) < 4.78 is 9.62. The number of rotatable bonds is 3. The first-order chi connectivity index (χ1) is 11.6. The van der Waals surface area contributed by atoms with Gasteiger partial charge in [0.15, 0.2) is 0 Å². The number of aromatic nitrogens is 7. The number of ether oxygens (including phenoxy) is 1. The molecule has 0 spiro atoms. The molecule has 0 bridgehead atoms. The second kappa shape index (κ2) is 5.82. The first-order valence-corrected chi connectivity index (χ1v) is 8.02. The van der Waals surface area contributed by atoms with Crippen molar-refractivity contribution in [2.24, 2.45) is 0 Å². The zero-order valence-corrected chi connectivity index (χ0v) is 14.0. The van der Waals surface area contributed by atoms with E-state index in [2.05, 4.69) is 30.0 Å². The Bertz CT molecular complexity index is 870. The van der Waals surface area contributed by atoms with Gasteiger partial charge in [0.2, 0.25) is 0 Å². The minimum absolute atomic E-state index is 0.0468. The highest BCUT2D eigenvalue weighted by Gasteiger charge is 2.24. The van der Waals surface area contributed by atoms with Gasteiger partial charge in [-0.05, 0) is 20.8 Å². The Kier molecular flexibility index (Phi) is 3.64. The summed E-state index contributed by atoms with van der Waals surface area (Å²) in [6, 6.07) is 2.04. The monoisotopic (exact) mass is 328 g/mol. The zero-order valence-electron chi connectivity index (χ0n) is 14.0. The van der Waals surface area contributed by atoms with E-state index in [1.165, 1.54) is 6.33 Å². The molecule has 24 heavy (non-hydrogen) atoms. The third-order valence-corrected chi connectivity index (χ3v) is 4.16. The maximum atomic E-state index is 5.93. The van der Waals surface area contributed by atoms with Gasteiger partial charge in [-0.25, -0.2) is 14.6 Å². The second-order valence-corrected chi connectivity index (χ2v) is 6.05.